The van der Waals surface area contributed by atoms with Gasteiger partial charge >= 0.3 is 0 Å². The lowest BCUT2D eigenvalue weighted by molar-refractivity contribution is 0.414. The minimum absolute atomic E-state index is 0.118. The molecule has 0 bridgehead atoms. The second-order valence-corrected chi connectivity index (χ2v) is 5.11. The number of nitrogens with two attached hydrogens (primary N) is 1. The second-order valence-electron chi connectivity index (χ2n) is 4.26. The Morgan fingerprint density at radius 2 is 1.67 bits per heavy atom. The van der Waals surface area contributed by atoms with Crippen molar-refractivity contribution in [1.29, 1.82) is 0 Å². The Kier molecular flexibility index (Phi) is 4.04. The molecule has 2 aromatic carbocycles. The van der Waals surface area contributed by atoms with Crippen LogP contribution in [0.2, 0.25) is 0 Å². The van der Waals surface area contributed by atoms with Crippen LogP contribution in [0, 0.1) is 6.92 Å². The van der Waals surface area contributed by atoms with E-state index in [9.17, 15) is 0 Å². The highest BCUT2D eigenvalue weighted by atomic mass is 79.9. The Bertz CT molecular complexity index is 537. The number of hydrogen-bond acceptors (Lipinski definition) is 2. The molecule has 2 rings (SSSR count). The maximum absolute atomic E-state index is 6.27. The van der Waals surface area contributed by atoms with Crippen molar-refractivity contribution in [2.24, 2.45) is 5.73 Å². The highest BCUT2D eigenvalue weighted by Crippen LogP contribution is 2.25. The van der Waals surface area contributed by atoms with Gasteiger partial charge in [-0.3, -0.25) is 0 Å². The van der Waals surface area contributed by atoms with Crippen molar-refractivity contribution >= 4 is 15.9 Å². The Morgan fingerprint density at radius 1 is 1.06 bits per heavy atom. The highest BCUT2D eigenvalue weighted by molar-refractivity contribution is 9.10. The van der Waals surface area contributed by atoms with E-state index in [-0.39, 0.29) is 6.04 Å². The van der Waals surface area contributed by atoms with Crippen molar-refractivity contribution in [3.05, 3.63) is 63.6 Å². The molecule has 1 unspecified atom stereocenters. The molecular weight excluding hydrogens is 290 g/mol. The SMILES string of the molecule is COc1ccc(C(N)c2ccc(C)c(Br)c2)cc1. The number of ether oxygens (including phenoxy) is 1. The van der Waals surface area contributed by atoms with E-state index in [0.717, 1.165) is 21.3 Å². The van der Waals surface area contributed by atoms with Crippen LogP contribution in [0.5, 0.6) is 5.75 Å². The lowest BCUT2D eigenvalue weighted by Gasteiger charge is -2.14. The lowest BCUT2D eigenvalue weighted by atomic mass is 9.99. The smallest absolute Gasteiger partial charge is 0.118 e. The van der Waals surface area contributed by atoms with E-state index in [1.807, 2.05) is 24.3 Å². The predicted octanol–water partition coefficient (Wildman–Crippen LogP) is 3.81. The molecule has 0 spiro atoms. The molecular formula is C15H16BrNO. The van der Waals surface area contributed by atoms with Gasteiger partial charge in [0, 0.05) is 4.47 Å². The van der Waals surface area contributed by atoms with Gasteiger partial charge in [-0.05, 0) is 41.8 Å². The highest BCUT2D eigenvalue weighted by Gasteiger charge is 2.10. The van der Waals surface area contributed by atoms with Crippen molar-refractivity contribution in [3.8, 4) is 5.75 Å². The maximum Gasteiger partial charge on any atom is 0.118 e. The second kappa shape index (κ2) is 5.55. The van der Waals surface area contributed by atoms with E-state index in [4.69, 9.17) is 10.5 Å². The van der Waals surface area contributed by atoms with Gasteiger partial charge in [-0.2, -0.15) is 0 Å². The van der Waals surface area contributed by atoms with Gasteiger partial charge in [0.1, 0.15) is 5.75 Å². The van der Waals surface area contributed by atoms with E-state index in [1.165, 1.54) is 5.56 Å². The van der Waals surface area contributed by atoms with Crippen molar-refractivity contribution in [1.82, 2.24) is 0 Å². The predicted molar refractivity (Wildman–Crippen MR) is 77.9 cm³/mol. The summed E-state index contributed by atoms with van der Waals surface area (Å²) >= 11 is 3.53. The molecule has 2 aromatic rings. The molecule has 18 heavy (non-hydrogen) atoms. The van der Waals surface area contributed by atoms with Crippen LogP contribution >= 0.6 is 15.9 Å². The number of halogens is 1. The molecule has 0 saturated heterocycles. The zero-order valence-corrected chi connectivity index (χ0v) is 12.1. The molecule has 2 nitrogen and oxygen atoms in total. The third kappa shape index (κ3) is 2.74. The molecule has 0 amide bonds. The lowest BCUT2D eigenvalue weighted by Crippen LogP contribution is -2.11. The average molecular weight is 306 g/mol. The summed E-state index contributed by atoms with van der Waals surface area (Å²) in [5.74, 6) is 0.844. The third-order valence-corrected chi connectivity index (χ3v) is 3.88. The van der Waals surface area contributed by atoms with Gasteiger partial charge < -0.3 is 10.5 Å². The third-order valence-electron chi connectivity index (χ3n) is 3.03. The van der Waals surface area contributed by atoms with Crippen LogP contribution in [0.3, 0.4) is 0 Å². The molecule has 2 N–H and O–H groups in total. The molecule has 0 aliphatic rings. The van der Waals surface area contributed by atoms with Crippen LogP contribution in [-0.2, 0) is 0 Å². The molecule has 0 aromatic heterocycles. The van der Waals surface area contributed by atoms with E-state index < -0.39 is 0 Å². The first-order valence-corrected chi connectivity index (χ1v) is 6.56. The molecule has 0 saturated carbocycles. The molecule has 0 aliphatic heterocycles. The number of benzene rings is 2. The topological polar surface area (TPSA) is 35.2 Å². The Balaban J connectivity index is 2.28. The van der Waals surface area contributed by atoms with Crippen LogP contribution in [0.15, 0.2) is 46.9 Å². The molecule has 0 heterocycles. The Labute approximate surface area is 116 Å². The van der Waals surface area contributed by atoms with Crippen molar-refractivity contribution in [2.75, 3.05) is 7.11 Å². The summed E-state index contributed by atoms with van der Waals surface area (Å²) in [7, 11) is 1.66. The van der Waals surface area contributed by atoms with Gasteiger partial charge in [0.25, 0.3) is 0 Å². The molecule has 3 heteroatoms. The summed E-state index contributed by atoms with van der Waals surface area (Å²) < 4.78 is 6.23. The van der Waals surface area contributed by atoms with E-state index in [2.05, 4.69) is 41.1 Å². The summed E-state index contributed by atoms with van der Waals surface area (Å²) in [6.45, 7) is 2.06. The Morgan fingerprint density at radius 3 is 2.22 bits per heavy atom. The van der Waals surface area contributed by atoms with E-state index >= 15 is 0 Å². The number of methoxy groups -OCH3 is 1. The van der Waals surface area contributed by atoms with Gasteiger partial charge in [-0.1, -0.05) is 40.2 Å². The molecule has 94 valence electrons. The first kappa shape index (κ1) is 13.1. The van der Waals surface area contributed by atoms with Gasteiger partial charge in [-0.25, -0.2) is 0 Å². The first-order chi connectivity index (χ1) is 8.61. The Hall–Kier alpha value is -1.32. The van der Waals surface area contributed by atoms with Crippen LogP contribution in [0.25, 0.3) is 0 Å². The minimum Gasteiger partial charge on any atom is -0.497 e. The van der Waals surface area contributed by atoms with Crippen LogP contribution in [0.1, 0.15) is 22.7 Å². The fourth-order valence-corrected chi connectivity index (χ4v) is 2.20. The van der Waals surface area contributed by atoms with Gasteiger partial charge in [0.15, 0.2) is 0 Å². The van der Waals surface area contributed by atoms with Crippen molar-refractivity contribution in [3.63, 3.8) is 0 Å². The molecule has 0 fully saturated rings. The fourth-order valence-electron chi connectivity index (χ4n) is 1.81. The number of hydrogen-bond donors (Lipinski definition) is 1. The van der Waals surface area contributed by atoms with Gasteiger partial charge in [0.05, 0.1) is 13.2 Å². The van der Waals surface area contributed by atoms with Crippen molar-refractivity contribution in [2.45, 2.75) is 13.0 Å². The van der Waals surface area contributed by atoms with Crippen LogP contribution < -0.4 is 10.5 Å². The number of aryl methyl sites for hydroxylation is 1. The average Bonchev–Trinajstić information content (AvgIpc) is 2.41. The normalized spacial score (nSPS) is 12.2. The summed E-state index contributed by atoms with van der Waals surface area (Å²) in [4.78, 5) is 0. The summed E-state index contributed by atoms with van der Waals surface area (Å²) in [5.41, 5.74) is 9.64. The molecule has 1 atom stereocenters. The van der Waals surface area contributed by atoms with Gasteiger partial charge in [0.2, 0.25) is 0 Å². The number of rotatable bonds is 3. The fraction of sp³-hybridized carbons (Fsp3) is 0.200. The zero-order valence-electron chi connectivity index (χ0n) is 10.5. The molecule has 0 radical (unpaired) electrons. The maximum atomic E-state index is 6.27. The largest absolute Gasteiger partial charge is 0.497 e. The van der Waals surface area contributed by atoms with Crippen molar-refractivity contribution < 1.29 is 4.74 Å². The summed E-state index contributed by atoms with van der Waals surface area (Å²) in [5, 5.41) is 0. The first-order valence-electron chi connectivity index (χ1n) is 5.77. The van der Waals surface area contributed by atoms with E-state index in [1.54, 1.807) is 7.11 Å². The van der Waals surface area contributed by atoms with Crippen LogP contribution in [0.4, 0.5) is 0 Å². The molecule has 0 aliphatic carbocycles. The summed E-state index contributed by atoms with van der Waals surface area (Å²) in [6.07, 6.45) is 0. The van der Waals surface area contributed by atoms with Crippen LogP contribution in [-0.4, -0.2) is 7.11 Å². The monoisotopic (exact) mass is 305 g/mol. The van der Waals surface area contributed by atoms with E-state index in [0.29, 0.717) is 0 Å². The zero-order chi connectivity index (χ0) is 13.1. The quantitative estimate of drug-likeness (QED) is 0.936. The van der Waals surface area contributed by atoms with Gasteiger partial charge in [-0.15, -0.1) is 0 Å². The summed E-state index contributed by atoms with van der Waals surface area (Å²) in [6, 6.07) is 13.9. The standard InChI is InChI=1S/C15H16BrNO/c1-10-3-4-12(9-14(10)16)15(17)11-5-7-13(18-2)8-6-11/h3-9,15H,17H2,1-2H3. The minimum atomic E-state index is -0.118.